The molecule has 1 aromatic heterocycles. The molecule has 0 saturated carbocycles. The van der Waals surface area contributed by atoms with Gasteiger partial charge in [0.05, 0.1) is 6.54 Å². The topological polar surface area (TPSA) is 92.6 Å². The average Bonchev–Trinajstić information content (AvgIpc) is 2.71. The molecule has 6 heteroatoms. The van der Waals surface area contributed by atoms with Crippen molar-refractivity contribution >= 4 is 11.9 Å². The molecule has 0 aliphatic heterocycles. The number of carbonyl (C=O) groups is 1. The van der Waals surface area contributed by atoms with Gasteiger partial charge >= 0.3 is 0 Å². The van der Waals surface area contributed by atoms with Crippen LogP contribution in [0.1, 0.15) is 37.1 Å². The minimum absolute atomic E-state index is 0.0800. The predicted molar refractivity (Wildman–Crippen MR) is 70.3 cm³/mol. The fourth-order valence-corrected chi connectivity index (χ4v) is 1.31. The molecule has 6 nitrogen and oxygen atoms in total. The van der Waals surface area contributed by atoms with Crippen molar-refractivity contribution in [2.45, 2.75) is 32.9 Å². The summed E-state index contributed by atoms with van der Waals surface area (Å²) in [6, 6.07) is 3.26. The summed E-state index contributed by atoms with van der Waals surface area (Å²) in [5.41, 5.74) is 5.02. The third-order valence-electron chi connectivity index (χ3n) is 2.05. The van der Waals surface area contributed by atoms with E-state index in [4.69, 9.17) is 10.2 Å². The first-order valence-corrected chi connectivity index (χ1v) is 5.69. The summed E-state index contributed by atoms with van der Waals surface area (Å²) in [5.74, 6) is 0.879. The first-order valence-electron chi connectivity index (χ1n) is 5.69. The Kier molecular flexibility index (Phi) is 4.36. The number of rotatable bonds is 3. The SMILES string of the molecule is CN=C(NCc1ccc(C(N)=O)o1)NC(C)(C)C. The van der Waals surface area contributed by atoms with E-state index in [1.54, 1.807) is 19.2 Å². The summed E-state index contributed by atoms with van der Waals surface area (Å²) in [5, 5.41) is 6.30. The number of furan rings is 1. The van der Waals surface area contributed by atoms with E-state index in [2.05, 4.69) is 15.6 Å². The number of amides is 1. The Morgan fingerprint density at radius 3 is 2.56 bits per heavy atom. The molecule has 1 amide bonds. The zero-order valence-corrected chi connectivity index (χ0v) is 11.2. The zero-order valence-electron chi connectivity index (χ0n) is 11.2. The molecule has 1 rings (SSSR count). The maximum Gasteiger partial charge on any atom is 0.284 e. The minimum atomic E-state index is -0.571. The van der Waals surface area contributed by atoms with E-state index in [0.29, 0.717) is 18.3 Å². The van der Waals surface area contributed by atoms with Crippen molar-refractivity contribution < 1.29 is 9.21 Å². The number of nitrogens with zero attached hydrogens (tertiary/aromatic N) is 1. The van der Waals surface area contributed by atoms with Crippen molar-refractivity contribution in [3.8, 4) is 0 Å². The number of hydrogen-bond acceptors (Lipinski definition) is 3. The molecule has 0 aromatic carbocycles. The molecule has 0 bridgehead atoms. The molecule has 1 heterocycles. The Hall–Kier alpha value is -1.98. The molecule has 0 spiro atoms. The number of carbonyl (C=O) groups excluding carboxylic acids is 1. The fourth-order valence-electron chi connectivity index (χ4n) is 1.31. The summed E-state index contributed by atoms with van der Waals surface area (Å²) in [6.45, 7) is 6.55. The molecule has 100 valence electrons. The number of nitrogens with two attached hydrogens (primary N) is 1. The second-order valence-electron chi connectivity index (χ2n) is 4.93. The number of guanidine groups is 1. The van der Waals surface area contributed by atoms with Gasteiger partial charge in [-0.2, -0.15) is 0 Å². The normalized spacial score (nSPS) is 12.3. The fraction of sp³-hybridized carbons (Fsp3) is 0.500. The Bertz CT molecular complexity index is 443. The van der Waals surface area contributed by atoms with Crippen LogP contribution in [0.15, 0.2) is 21.5 Å². The lowest BCUT2D eigenvalue weighted by atomic mass is 10.1. The third kappa shape index (κ3) is 4.48. The van der Waals surface area contributed by atoms with Gasteiger partial charge in [-0.15, -0.1) is 0 Å². The molecule has 0 unspecified atom stereocenters. The first-order chi connectivity index (χ1) is 8.31. The molecule has 1 aromatic rings. The second-order valence-corrected chi connectivity index (χ2v) is 4.93. The Labute approximate surface area is 107 Å². The van der Waals surface area contributed by atoms with Crippen LogP contribution in [0.2, 0.25) is 0 Å². The first kappa shape index (κ1) is 14.1. The van der Waals surface area contributed by atoms with E-state index in [1.807, 2.05) is 20.8 Å². The van der Waals surface area contributed by atoms with Gasteiger partial charge in [-0.05, 0) is 32.9 Å². The lowest BCUT2D eigenvalue weighted by molar-refractivity contribution is 0.0972. The maximum absolute atomic E-state index is 10.9. The second kappa shape index (κ2) is 5.57. The van der Waals surface area contributed by atoms with E-state index < -0.39 is 5.91 Å². The molecular formula is C12H20N4O2. The average molecular weight is 252 g/mol. The van der Waals surface area contributed by atoms with Gasteiger partial charge in [-0.3, -0.25) is 9.79 Å². The van der Waals surface area contributed by atoms with Crippen LogP contribution in [0.4, 0.5) is 0 Å². The van der Waals surface area contributed by atoms with Gasteiger partial charge in [0.1, 0.15) is 5.76 Å². The number of aliphatic imine (C=N–C) groups is 1. The largest absolute Gasteiger partial charge is 0.454 e. The van der Waals surface area contributed by atoms with Crippen molar-refractivity contribution in [2.24, 2.45) is 10.7 Å². The smallest absolute Gasteiger partial charge is 0.284 e. The number of nitrogens with one attached hydrogen (secondary N) is 2. The highest BCUT2D eigenvalue weighted by atomic mass is 16.3. The van der Waals surface area contributed by atoms with Gasteiger partial charge in [0.15, 0.2) is 11.7 Å². The summed E-state index contributed by atoms with van der Waals surface area (Å²) in [4.78, 5) is 15.0. The highest BCUT2D eigenvalue weighted by Gasteiger charge is 2.12. The van der Waals surface area contributed by atoms with Gasteiger partial charge in [0.25, 0.3) is 5.91 Å². The molecule has 0 radical (unpaired) electrons. The summed E-state index contributed by atoms with van der Waals surface area (Å²) in [7, 11) is 1.69. The maximum atomic E-state index is 10.9. The van der Waals surface area contributed by atoms with Crippen LogP contribution in [-0.4, -0.2) is 24.5 Å². The molecule has 0 fully saturated rings. The standard InChI is InChI=1S/C12H20N4O2/c1-12(2,3)16-11(14-4)15-7-8-5-6-9(18-8)10(13)17/h5-6H,7H2,1-4H3,(H2,13,17)(H2,14,15,16). The van der Waals surface area contributed by atoms with Crippen LogP contribution in [0, 0.1) is 0 Å². The van der Waals surface area contributed by atoms with E-state index in [9.17, 15) is 4.79 Å². The quantitative estimate of drug-likeness (QED) is 0.549. The summed E-state index contributed by atoms with van der Waals surface area (Å²) in [6.07, 6.45) is 0. The Balaban J connectivity index is 2.55. The van der Waals surface area contributed by atoms with Crippen molar-refractivity contribution in [1.29, 1.82) is 0 Å². The highest BCUT2D eigenvalue weighted by Crippen LogP contribution is 2.06. The van der Waals surface area contributed by atoms with Crippen LogP contribution in [0.25, 0.3) is 0 Å². The Morgan fingerprint density at radius 2 is 2.11 bits per heavy atom. The van der Waals surface area contributed by atoms with Crippen molar-refractivity contribution in [3.63, 3.8) is 0 Å². The minimum Gasteiger partial charge on any atom is -0.454 e. The highest BCUT2D eigenvalue weighted by molar-refractivity contribution is 5.89. The van der Waals surface area contributed by atoms with Gasteiger partial charge in [0, 0.05) is 12.6 Å². The van der Waals surface area contributed by atoms with Crippen LogP contribution in [-0.2, 0) is 6.54 Å². The molecular weight excluding hydrogens is 232 g/mol. The molecule has 18 heavy (non-hydrogen) atoms. The molecule has 0 atom stereocenters. The van der Waals surface area contributed by atoms with Gasteiger partial charge in [0.2, 0.25) is 0 Å². The molecule has 4 N–H and O–H groups in total. The predicted octanol–water partition coefficient (Wildman–Crippen LogP) is 0.842. The van der Waals surface area contributed by atoms with Crippen LogP contribution in [0.5, 0.6) is 0 Å². The molecule has 0 saturated heterocycles. The van der Waals surface area contributed by atoms with E-state index in [-0.39, 0.29) is 11.3 Å². The Morgan fingerprint density at radius 1 is 1.44 bits per heavy atom. The van der Waals surface area contributed by atoms with Crippen molar-refractivity contribution in [2.75, 3.05) is 7.05 Å². The van der Waals surface area contributed by atoms with Crippen LogP contribution < -0.4 is 16.4 Å². The van der Waals surface area contributed by atoms with E-state index in [0.717, 1.165) is 0 Å². The van der Waals surface area contributed by atoms with Gasteiger partial charge in [-0.25, -0.2) is 0 Å². The lowest BCUT2D eigenvalue weighted by Crippen LogP contribution is -2.47. The monoisotopic (exact) mass is 252 g/mol. The summed E-state index contributed by atoms with van der Waals surface area (Å²) < 4.78 is 5.25. The van der Waals surface area contributed by atoms with Crippen LogP contribution in [0.3, 0.4) is 0 Å². The number of primary amides is 1. The lowest BCUT2D eigenvalue weighted by Gasteiger charge is -2.23. The third-order valence-corrected chi connectivity index (χ3v) is 2.05. The van der Waals surface area contributed by atoms with E-state index in [1.165, 1.54) is 0 Å². The van der Waals surface area contributed by atoms with Gasteiger partial charge < -0.3 is 20.8 Å². The summed E-state index contributed by atoms with van der Waals surface area (Å²) >= 11 is 0. The molecule has 0 aliphatic rings. The number of hydrogen-bond donors (Lipinski definition) is 3. The van der Waals surface area contributed by atoms with E-state index >= 15 is 0 Å². The van der Waals surface area contributed by atoms with Crippen molar-refractivity contribution in [3.05, 3.63) is 23.7 Å². The zero-order chi connectivity index (χ0) is 13.8. The van der Waals surface area contributed by atoms with Crippen LogP contribution >= 0.6 is 0 Å². The molecule has 0 aliphatic carbocycles. The van der Waals surface area contributed by atoms with Gasteiger partial charge in [-0.1, -0.05) is 0 Å². The van der Waals surface area contributed by atoms with Crippen molar-refractivity contribution in [1.82, 2.24) is 10.6 Å².